The van der Waals surface area contributed by atoms with Gasteiger partial charge in [-0.1, -0.05) is 45.9 Å². The number of fused-ring (bicyclic) bond motifs is 1. The number of aryl methyl sites for hydroxylation is 1. The Kier molecular flexibility index (Phi) is 5.48. The van der Waals surface area contributed by atoms with Gasteiger partial charge in [0.2, 0.25) is 5.91 Å². The van der Waals surface area contributed by atoms with Crippen LogP contribution in [-0.2, 0) is 16.6 Å². The van der Waals surface area contributed by atoms with Gasteiger partial charge in [0.05, 0.1) is 7.11 Å². The van der Waals surface area contributed by atoms with Crippen LogP contribution in [0.1, 0.15) is 62.3 Å². The second-order valence-corrected chi connectivity index (χ2v) is 8.94. The molecule has 1 amide bonds. The summed E-state index contributed by atoms with van der Waals surface area (Å²) in [5.74, 6) is 2.56. The highest BCUT2D eigenvalue weighted by molar-refractivity contribution is 5.94. The van der Waals surface area contributed by atoms with Crippen molar-refractivity contribution < 1.29 is 14.3 Å². The minimum atomic E-state index is -0.0839. The first-order valence-electron chi connectivity index (χ1n) is 10.6. The minimum absolute atomic E-state index is 0.0465. The van der Waals surface area contributed by atoms with E-state index < -0.39 is 0 Å². The van der Waals surface area contributed by atoms with Crippen molar-refractivity contribution in [2.75, 3.05) is 12.4 Å². The van der Waals surface area contributed by atoms with Gasteiger partial charge < -0.3 is 14.8 Å². The van der Waals surface area contributed by atoms with Gasteiger partial charge in [0, 0.05) is 29.7 Å². The zero-order valence-electron chi connectivity index (χ0n) is 18.7. The van der Waals surface area contributed by atoms with Gasteiger partial charge in [-0.25, -0.2) is 0 Å². The molecule has 0 spiro atoms. The lowest BCUT2D eigenvalue weighted by atomic mass is 9.85. The Labute approximate surface area is 183 Å². The van der Waals surface area contributed by atoms with Gasteiger partial charge in [-0.3, -0.25) is 9.89 Å². The maximum Gasteiger partial charge on any atom is 0.226 e. The highest BCUT2D eigenvalue weighted by atomic mass is 16.5. The molecule has 0 saturated heterocycles. The van der Waals surface area contributed by atoms with Crippen LogP contribution in [0.3, 0.4) is 0 Å². The predicted octanol–water partition coefficient (Wildman–Crippen LogP) is 5.54. The lowest BCUT2D eigenvalue weighted by Gasteiger charge is -2.25. The molecule has 1 aliphatic heterocycles. The first-order valence-corrected chi connectivity index (χ1v) is 10.6. The number of nitrogens with one attached hydrogen (secondary N) is 2. The Hall–Kier alpha value is -3.28. The van der Waals surface area contributed by atoms with Gasteiger partial charge in [-0.2, -0.15) is 5.10 Å². The van der Waals surface area contributed by atoms with E-state index >= 15 is 0 Å². The second kappa shape index (κ2) is 8.10. The fourth-order valence-corrected chi connectivity index (χ4v) is 4.02. The van der Waals surface area contributed by atoms with Gasteiger partial charge >= 0.3 is 0 Å². The summed E-state index contributed by atoms with van der Waals surface area (Å²) in [6, 6.07) is 12.2. The molecule has 162 valence electrons. The third-order valence-corrected chi connectivity index (χ3v) is 5.76. The zero-order chi connectivity index (χ0) is 22.2. The molecular weight excluding hydrogens is 390 g/mol. The summed E-state index contributed by atoms with van der Waals surface area (Å²) in [4.78, 5) is 12.1. The zero-order valence-corrected chi connectivity index (χ0v) is 18.7. The van der Waals surface area contributed by atoms with E-state index in [1.807, 2.05) is 30.5 Å². The van der Waals surface area contributed by atoms with Crippen LogP contribution >= 0.6 is 0 Å². The predicted molar refractivity (Wildman–Crippen MR) is 121 cm³/mol. The number of hydrogen-bond acceptors (Lipinski definition) is 4. The molecule has 2 heterocycles. The summed E-state index contributed by atoms with van der Waals surface area (Å²) in [6.45, 7) is 8.71. The number of benzene rings is 2. The van der Waals surface area contributed by atoms with Crippen molar-refractivity contribution in [1.29, 1.82) is 0 Å². The Morgan fingerprint density at radius 2 is 1.87 bits per heavy atom. The maximum absolute atomic E-state index is 12.1. The molecule has 3 aromatic rings. The molecule has 6 heteroatoms. The molecule has 2 N–H and O–H groups in total. The van der Waals surface area contributed by atoms with Crippen molar-refractivity contribution in [3.8, 4) is 17.2 Å². The van der Waals surface area contributed by atoms with E-state index in [2.05, 4.69) is 55.3 Å². The number of aromatic amines is 1. The smallest absolute Gasteiger partial charge is 0.226 e. The molecule has 1 atom stereocenters. The standard InChI is InChI=1S/C25H29N3O3/c1-6-15-7-9-20(19(11-15)25(2,3)4)31-21-10-8-16(12-22(21)30-5)17-13-23(29)27-24-18(17)14-26-28-24/h7-12,14,17H,6,13H2,1-5H3,(H2,26,27,28,29). The van der Waals surface area contributed by atoms with Crippen LogP contribution in [0.2, 0.25) is 0 Å². The number of rotatable bonds is 5. The van der Waals surface area contributed by atoms with Gasteiger partial charge in [-0.05, 0) is 41.2 Å². The summed E-state index contributed by atoms with van der Waals surface area (Å²) in [7, 11) is 1.63. The molecule has 1 unspecified atom stereocenters. The topological polar surface area (TPSA) is 76.2 Å². The Morgan fingerprint density at radius 3 is 2.58 bits per heavy atom. The van der Waals surface area contributed by atoms with Gasteiger partial charge in [0.15, 0.2) is 17.3 Å². The van der Waals surface area contributed by atoms with Crippen LogP contribution in [0.4, 0.5) is 5.82 Å². The SMILES string of the molecule is CCc1ccc(Oc2ccc(C3CC(=O)Nc4n[nH]cc43)cc2OC)c(C(C)(C)C)c1. The fraction of sp³-hybridized carbons (Fsp3) is 0.360. The highest BCUT2D eigenvalue weighted by Gasteiger charge is 2.29. The highest BCUT2D eigenvalue weighted by Crippen LogP contribution is 2.42. The van der Waals surface area contributed by atoms with Gasteiger partial charge in [0.25, 0.3) is 0 Å². The van der Waals surface area contributed by atoms with Crippen molar-refractivity contribution in [3.63, 3.8) is 0 Å². The number of nitrogens with zero attached hydrogens (tertiary/aromatic N) is 1. The van der Waals surface area contributed by atoms with E-state index in [0.29, 0.717) is 23.7 Å². The van der Waals surface area contributed by atoms with E-state index in [4.69, 9.17) is 9.47 Å². The lowest BCUT2D eigenvalue weighted by molar-refractivity contribution is -0.116. The summed E-state index contributed by atoms with van der Waals surface area (Å²) >= 11 is 0. The summed E-state index contributed by atoms with van der Waals surface area (Å²) in [6.07, 6.45) is 3.18. The Morgan fingerprint density at radius 1 is 1.10 bits per heavy atom. The monoisotopic (exact) mass is 419 g/mol. The number of methoxy groups -OCH3 is 1. The number of aromatic nitrogens is 2. The number of hydrogen-bond donors (Lipinski definition) is 2. The van der Waals surface area contributed by atoms with Crippen LogP contribution in [0.5, 0.6) is 17.2 Å². The third kappa shape index (κ3) is 4.15. The van der Waals surface area contributed by atoms with Gasteiger partial charge in [0.1, 0.15) is 5.75 Å². The van der Waals surface area contributed by atoms with E-state index in [1.54, 1.807) is 7.11 Å². The van der Waals surface area contributed by atoms with E-state index in [0.717, 1.165) is 28.9 Å². The van der Waals surface area contributed by atoms with Crippen molar-refractivity contribution in [2.45, 2.75) is 51.9 Å². The molecule has 0 aliphatic carbocycles. The van der Waals surface area contributed by atoms with Crippen molar-refractivity contribution in [1.82, 2.24) is 10.2 Å². The van der Waals surface area contributed by atoms with Crippen molar-refractivity contribution in [3.05, 3.63) is 64.8 Å². The Bertz CT molecular complexity index is 1110. The van der Waals surface area contributed by atoms with Crippen LogP contribution in [0, 0.1) is 0 Å². The van der Waals surface area contributed by atoms with Crippen LogP contribution in [0.15, 0.2) is 42.6 Å². The van der Waals surface area contributed by atoms with E-state index in [1.165, 1.54) is 5.56 Å². The van der Waals surface area contributed by atoms with E-state index in [-0.39, 0.29) is 17.2 Å². The number of anilines is 1. The fourth-order valence-electron chi connectivity index (χ4n) is 4.02. The summed E-state index contributed by atoms with van der Waals surface area (Å²) in [5.41, 5.74) is 4.34. The number of H-pyrrole nitrogens is 1. The average molecular weight is 420 g/mol. The summed E-state index contributed by atoms with van der Waals surface area (Å²) < 4.78 is 12.0. The van der Waals surface area contributed by atoms with Crippen LogP contribution in [0.25, 0.3) is 0 Å². The number of carbonyl (C=O) groups excluding carboxylic acids is 1. The number of amides is 1. The second-order valence-electron chi connectivity index (χ2n) is 8.94. The quantitative estimate of drug-likeness (QED) is 0.569. The van der Waals surface area contributed by atoms with Crippen LogP contribution in [-0.4, -0.2) is 23.2 Å². The number of carbonyl (C=O) groups is 1. The molecule has 6 nitrogen and oxygen atoms in total. The maximum atomic E-state index is 12.1. The molecule has 0 fully saturated rings. The minimum Gasteiger partial charge on any atom is -0.493 e. The average Bonchev–Trinajstić information content (AvgIpc) is 3.21. The molecule has 2 aromatic carbocycles. The molecular formula is C25H29N3O3. The Balaban J connectivity index is 1.69. The normalized spacial score (nSPS) is 15.9. The lowest BCUT2D eigenvalue weighted by Crippen LogP contribution is -2.23. The molecule has 4 rings (SSSR count). The molecule has 0 bridgehead atoms. The first kappa shape index (κ1) is 21.0. The molecule has 0 saturated carbocycles. The molecule has 31 heavy (non-hydrogen) atoms. The van der Waals surface area contributed by atoms with Crippen LogP contribution < -0.4 is 14.8 Å². The molecule has 1 aromatic heterocycles. The number of ether oxygens (including phenoxy) is 2. The van der Waals surface area contributed by atoms with Crippen molar-refractivity contribution >= 4 is 11.7 Å². The molecule has 1 aliphatic rings. The largest absolute Gasteiger partial charge is 0.493 e. The van der Waals surface area contributed by atoms with Gasteiger partial charge in [-0.15, -0.1) is 0 Å². The third-order valence-electron chi connectivity index (χ3n) is 5.76. The summed E-state index contributed by atoms with van der Waals surface area (Å²) in [5, 5.41) is 9.78. The first-order chi connectivity index (χ1) is 14.8. The van der Waals surface area contributed by atoms with E-state index in [9.17, 15) is 4.79 Å². The van der Waals surface area contributed by atoms with Crippen molar-refractivity contribution in [2.24, 2.45) is 0 Å². The molecule has 0 radical (unpaired) electrons.